The normalized spacial score (nSPS) is 16.6. The number of aromatic nitrogens is 3. The SMILES string of the molecule is CN1CCN(Cc2ccc(-c3ccc4[nH]c5c(c4c3)CN(c3ncc(C(=O)NO)cn3)CC5)cc2)CC1. The van der Waals surface area contributed by atoms with Gasteiger partial charge in [-0.15, -0.1) is 0 Å². The summed E-state index contributed by atoms with van der Waals surface area (Å²) in [6.07, 6.45) is 3.73. The number of aromatic amines is 1. The van der Waals surface area contributed by atoms with Gasteiger partial charge in [0.1, 0.15) is 0 Å². The summed E-state index contributed by atoms with van der Waals surface area (Å²) in [4.78, 5) is 30.9. The van der Waals surface area contributed by atoms with Crippen molar-refractivity contribution in [2.24, 2.45) is 0 Å². The van der Waals surface area contributed by atoms with Gasteiger partial charge in [-0.2, -0.15) is 0 Å². The molecule has 2 aromatic heterocycles. The zero-order chi connectivity index (χ0) is 25.4. The Balaban J connectivity index is 1.21. The van der Waals surface area contributed by atoms with Gasteiger partial charge in [-0.25, -0.2) is 15.4 Å². The number of nitrogens with one attached hydrogen (secondary N) is 2. The summed E-state index contributed by atoms with van der Waals surface area (Å²) < 4.78 is 0. The van der Waals surface area contributed by atoms with Crippen molar-refractivity contribution in [2.75, 3.05) is 44.7 Å². The number of piperazine rings is 1. The van der Waals surface area contributed by atoms with Gasteiger partial charge in [0, 0.05) is 86.8 Å². The summed E-state index contributed by atoms with van der Waals surface area (Å²) in [5.41, 5.74) is 9.25. The number of amides is 1. The Hall–Kier alpha value is -3.79. The van der Waals surface area contributed by atoms with Crippen molar-refractivity contribution >= 4 is 22.8 Å². The molecule has 6 rings (SSSR count). The van der Waals surface area contributed by atoms with E-state index in [0.29, 0.717) is 12.5 Å². The van der Waals surface area contributed by atoms with Crippen molar-refractivity contribution in [3.05, 3.63) is 77.2 Å². The van der Waals surface area contributed by atoms with Gasteiger partial charge in [0.15, 0.2) is 0 Å². The Bertz CT molecular complexity index is 1410. The third-order valence-corrected chi connectivity index (χ3v) is 7.55. The lowest BCUT2D eigenvalue weighted by atomic mass is 9.99. The van der Waals surface area contributed by atoms with Gasteiger partial charge >= 0.3 is 0 Å². The van der Waals surface area contributed by atoms with Gasteiger partial charge < -0.3 is 14.8 Å². The molecule has 1 fully saturated rings. The average molecular weight is 498 g/mol. The summed E-state index contributed by atoms with van der Waals surface area (Å²) in [7, 11) is 2.19. The van der Waals surface area contributed by atoms with E-state index in [1.165, 1.54) is 45.7 Å². The summed E-state index contributed by atoms with van der Waals surface area (Å²) in [6.45, 7) is 6.99. The monoisotopic (exact) mass is 497 g/mol. The summed E-state index contributed by atoms with van der Waals surface area (Å²) in [6, 6.07) is 15.6. The smallest absolute Gasteiger partial charge is 0.277 e. The third kappa shape index (κ3) is 4.81. The quantitative estimate of drug-likeness (QED) is 0.288. The highest BCUT2D eigenvalue weighted by Crippen LogP contribution is 2.32. The molecule has 0 bridgehead atoms. The first-order valence-electron chi connectivity index (χ1n) is 12.7. The lowest BCUT2D eigenvalue weighted by Gasteiger charge is -2.32. The molecule has 37 heavy (non-hydrogen) atoms. The topological polar surface area (TPSA) is 101 Å². The molecule has 0 atom stereocenters. The first-order chi connectivity index (χ1) is 18.1. The lowest BCUT2D eigenvalue weighted by molar-refractivity contribution is 0.0705. The van der Waals surface area contributed by atoms with Crippen LogP contribution in [0.15, 0.2) is 54.9 Å². The van der Waals surface area contributed by atoms with E-state index >= 15 is 0 Å². The summed E-state index contributed by atoms with van der Waals surface area (Å²) in [5.74, 6) is -0.0504. The van der Waals surface area contributed by atoms with Crippen LogP contribution in [0.4, 0.5) is 5.95 Å². The number of hydroxylamine groups is 1. The van der Waals surface area contributed by atoms with Gasteiger partial charge in [0.2, 0.25) is 5.95 Å². The van der Waals surface area contributed by atoms with Gasteiger partial charge in [-0.3, -0.25) is 14.9 Å². The van der Waals surface area contributed by atoms with Crippen LogP contribution >= 0.6 is 0 Å². The van der Waals surface area contributed by atoms with Crippen LogP contribution in [0.25, 0.3) is 22.0 Å². The molecule has 4 heterocycles. The highest BCUT2D eigenvalue weighted by Gasteiger charge is 2.23. The molecule has 9 nitrogen and oxygen atoms in total. The van der Waals surface area contributed by atoms with Crippen LogP contribution in [0.2, 0.25) is 0 Å². The number of carbonyl (C=O) groups is 1. The lowest BCUT2D eigenvalue weighted by Crippen LogP contribution is -2.43. The van der Waals surface area contributed by atoms with Crippen molar-refractivity contribution in [3.63, 3.8) is 0 Å². The molecule has 1 saturated heterocycles. The van der Waals surface area contributed by atoms with E-state index in [0.717, 1.165) is 51.2 Å². The molecule has 2 aliphatic heterocycles. The molecular weight excluding hydrogens is 466 g/mol. The Morgan fingerprint density at radius 2 is 1.73 bits per heavy atom. The average Bonchev–Trinajstić information content (AvgIpc) is 3.31. The fraction of sp³-hybridized carbons (Fsp3) is 0.321. The number of likely N-dealkylation sites (N-methyl/N-ethyl adjacent to an activating group) is 1. The molecule has 0 radical (unpaired) electrons. The van der Waals surface area contributed by atoms with Crippen molar-refractivity contribution in [2.45, 2.75) is 19.5 Å². The zero-order valence-corrected chi connectivity index (χ0v) is 20.9. The van der Waals surface area contributed by atoms with Crippen LogP contribution in [0.1, 0.15) is 27.2 Å². The van der Waals surface area contributed by atoms with E-state index in [4.69, 9.17) is 5.21 Å². The number of hydrogen-bond donors (Lipinski definition) is 3. The second-order valence-electron chi connectivity index (χ2n) is 10.0. The van der Waals surface area contributed by atoms with Crippen LogP contribution in [0.5, 0.6) is 0 Å². The van der Waals surface area contributed by atoms with Gasteiger partial charge in [-0.1, -0.05) is 30.3 Å². The number of rotatable bonds is 5. The Kier molecular flexibility index (Phi) is 6.33. The van der Waals surface area contributed by atoms with Crippen LogP contribution < -0.4 is 10.4 Å². The van der Waals surface area contributed by atoms with Crippen LogP contribution in [-0.2, 0) is 19.5 Å². The van der Waals surface area contributed by atoms with Crippen LogP contribution in [0.3, 0.4) is 0 Å². The fourth-order valence-corrected chi connectivity index (χ4v) is 5.30. The van der Waals surface area contributed by atoms with E-state index in [9.17, 15) is 4.79 Å². The Morgan fingerprint density at radius 1 is 1.00 bits per heavy atom. The summed E-state index contributed by atoms with van der Waals surface area (Å²) in [5, 5.41) is 10.0. The number of benzene rings is 2. The standard InChI is InChI=1S/C28H31N7O2/c1-33-10-12-34(13-11-33)17-19-2-4-20(5-3-19)21-6-7-25-23(14-21)24-18-35(9-8-26(24)31-25)28-29-15-22(16-30-28)27(36)32-37/h2-7,14-16,31,37H,8-13,17-18H2,1H3,(H,32,36). The molecule has 0 spiro atoms. The maximum Gasteiger partial charge on any atom is 0.277 e. The minimum absolute atomic E-state index is 0.218. The van der Waals surface area contributed by atoms with Crippen LogP contribution in [-0.4, -0.2) is 75.6 Å². The molecule has 9 heteroatoms. The molecular formula is C28H31N7O2. The van der Waals surface area contributed by atoms with Gasteiger partial charge in [0.05, 0.1) is 5.56 Å². The molecule has 2 aromatic carbocycles. The van der Waals surface area contributed by atoms with E-state index < -0.39 is 5.91 Å². The second-order valence-corrected chi connectivity index (χ2v) is 10.0. The van der Waals surface area contributed by atoms with Crippen LogP contribution in [0, 0.1) is 0 Å². The molecule has 190 valence electrons. The third-order valence-electron chi connectivity index (χ3n) is 7.55. The second kappa shape index (κ2) is 9.93. The van der Waals surface area contributed by atoms with Crippen molar-refractivity contribution in [3.8, 4) is 11.1 Å². The Morgan fingerprint density at radius 3 is 2.46 bits per heavy atom. The van der Waals surface area contributed by atoms with Gasteiger partial charge in [-0.05, 0) is 35.9 Å². The molecule has 2 aliphatic rings. The highest BCUT2D eigenvalue weighted by molar-refractivity contribution is 5.93. The minimum atomic E-state index is -0.621. The van der Waals surface area contributed by atoms with E-state index in [-0.39, 0.29) is 5.56 Å². The van der Waals surface area contributed by atoms with Crippen molar-refractivity contribution in [1.82, 2.24) is 30.2 Å². The molecule has 3 N–H and O–H groups in total. The first-order valence-corrected chi connectivity index (χ1v) is 12.7. The predicted molar refractivity (Wildman–Crippen MR) is 143 cm³/mol. The number of carbonyl (C=O) groups excluding carboxylic acids is 1. The molecule has 0 saturated carbocycles. The maximum absolute atomic E-state index is 11.6. The number of fused-ring (bicyclic) bond motifs is 3. The minimum Gasteiger partial charge on any atom is -0.358 e. The largest absolute Gasteiger partial charge is 0.358 e. The van der Waals surface area contributed by atoms with E-state index in [2.05, 4.69) is 79.2 Å². The first kappa shape index (κ1) is 23.6. The molecule has 0 aliphatic carbocycles. The Labute approximate surface area is 215 Å². The number of nitrogens with zero attached hydrogens (tertiary/aromatic N) is 5. The van der Waals surface area contributed by atoms with Crippen molar-refractivity contribution < 1.29 is 10.0 Å². The summed E-state index contributed by atoms with van der Waals surface area (Å²) >= 11 is 0. The zero-order valence-electron chi connectivity index (χ0n) is 20.9. The molecule has 4 aromatic rings. The highest BCUT2D eigenvalue weighted by atomic mass is 16.5. The fourth-order valence-electron chi connectivity index (χ4n) is 5.30. The number of anilines is 1. The number of H-pyrrole nitrogens is 1. The van der Waals surface area contributed by atoms with E-state index in [1.807, 2.05) is 0 Å². The number of hydrogen-bond acceptors (Lipinski definition) is 7. The van der Waals surface area contributed by atoms with Crippen molar-refractivity contribution in [1.29, 1.82) is 0 Å². The maximum atomic E-state index is 11.6. The molecule has 0 unspecified atom stereocenters. The van der Waals surface area contributed by atoms with Gasteiger partial charge in [0.25, 0.3) is 5.91 Å². The predicted octanol–water partition coefficient (Wildman–Crippen LogP) is 3.05. The van der Waals surface area contributed by atoms with E-state index in [1.54, 1.807) is 5.48 Å². The molecule has 1 amide bonds.